The molecule has 0 unspecified atom stereocenters. The SMILES string of the molecule is O=c1[nH]c2ccc(N[C@H](COc3cncc(-c4ccc5[nH]c(=O)oc5c4)c3)Cc3c[nH]c4ccccc34)cc2o1. The summed E-state index contributed by atoms with van der Waals surface area (Å²) >= 11 is 0. The number of fused-ring (bicyclic) bond motifs is 3. The lowest BCUT2D eigenvalue weighted by Gasteiger charge is -2.20. The summed E-state index contributed by atoms with van der Waals surface area (Å²) in [5.41, 5.74) is 6.94. The molecular weight excluding hydrogens is 510 g/mol. The third-order valence-electron chi connectivity index (χ3n) is 6.85. The topological polar surface area (TPSA) is 142 Å². The number of rotatable bonds is 8. The van der Waals surface area contributed by atoms with E-state index in [0.29, 0.717) is 41.0 Å². The van der Waals surface area contributed by atoms with Crippen molar-refractivity contribution in [3.05, 3.63) is 112 Å². The number of nitrogens with one attached hydrogen (secondary N) is 4. The van der Waals surface area contributed by atoms with Gasteiger partial charge in [-0.3, -0.25) is 15.0 Å². The predicted octanol–water partition coefficient (Wildman–Crippen LogP) is 5.20. The fourth-order valence-electron chi connectivity index (χ4n) is 4.97. The van der Waals surface area contributed by atoms with Crippen molar-refractivity contribution in [2.75, 3.05) is 11.9 Å². The molecule has 0 amide bonds. The van der Waals surface area contributed by atoms with Gasteiger partial charge in [0.1, 0.15) is 12.4 Å². The largest absolute Gasteiger partial charge is 0.490 e. The number of aromatic amines is 3. The summed E-state index contributed by atoms with van der Waals surface area (Å²) in [7, 11) is 0. The Morgan fingerprint density at radius 3 is 2.45 bits per heavy atom. The molecule has 40 heavy (non-hydrogen) atoms. The van der Waals surface area contributed by atoms with Gasteiger partial charge in [-0.05, 0) is 53.9 Å². The minimum absolute atomic E-state index is 0.128. The van der Waals surface area contributed by atoms with E-state index in [9.17, 15) is 9.59 Å². The van der Waals surface area contributed by atoms with Crippen LogP contribution >= 0.6 is 0 Å². The van der Waals surface area contributed by atoms with Gasteiger partial charge in [-0.15, -0.1) is 0 Å². The standard InChI is InChI=1S/C30H23N5O5/c36-29-34-25-7-5-17(11-27(25)39-29)18-10-22(15-31-13-18)38-16-21(9-19-14-32-24-4-2-1-3-23(19)24)33-20-6-8-26-28(12-20)40-30(37)35-26/h1-8,10-15,21,32-33H,9,16H2,(H,34,36)(H,35,37)/t21-/m0/s1. The predicted molar refractivity (Wildman–Crippen MR) is 152 cm³/mol. The highest BCUT2D eigenvalue weighted by Gasteiger charge is 2.16. The molecule has 4 N–H and O–H groups in total. The number of benzene rings is 3. The highest BCUT2D eigenvalue weighted by atomic mass is 16.5. The summed E-state index contributed by atoms with van der Waals surface area (Å²) in [6.45, 7) is 0.339. The smallest absolute Gasteiger partial charge is 0.417 e. The molecule has 0 radical (unpaired) electrons. The minimum atomic E-state index is -0.492. The van der Waals surface area contributed by atoms with E-state index < -0.39 is 11.5 Å². The van der Waals surface area contributed by atoms with Crippen LogP contribution in [0.25, 0.3) is 44.2 Å². The van der Waals surface area contributed by atoms with Crippen molar-refractivity contribution in [1.82, 2.24) is 19.9 Å². The molecule has 0 spiro atoms. The quantitative estimate of drug-likeness (QED) is 0.210. The van der Waals surface area contributed by atoms with E-state index in [-0.39, 0.29) is 6.04 Å². The molecule has 0 bridgehead atoms. The Hall–Kier alpha value is -5.51. The first kappa shape index (κ1) is 23.6. The zero-order valence-corrected chi connectivity index (χ0v) is 21.1. The number of nitrogens with zero attached hydrogens (tertiary/aromatic N) is 1. The Kier molecular flexibility index (Phi) is 5.70. The highest BCUT2D eigenvalue weighted by Crippen LogP contribution is 2.27. The molecule has 10 heteroatoms. The van der Waals surface area contributed by atoms with Crippen LogP contribution in [0.1, 0.15) is 5.56 Å². The van der Waals surface area contributed by atoms with E-state index in [1.807, 2.05) is 48.7 Å². The van der Waals surface area contributed by atoms with E-state index in [2.05, 4.69) is 31.3 Å². The maximum absolute atomic E-state index is 11.6. The molecule has 4 heterocycles. The van der Waals surface area contributed by atoms with Crippen molar-refractivity contribution >= 4 is 38.8 Å². The van der Waals surface area contributed by atoms with Gasteiger partial charge in [0.05, 0.1) is 23.3 Å². The second-order valence-corrected chi connectivity index (χ2v) is 9.58. The lowest BCUT2D eigenvalue weighted by atomic mass is 10.0. The number of anilines is 1. The molecule has 4 aromatic heterocycles. The molecule has 0 saturated carbocycles. The van der Waals surface area contributed by atoms with Crippen LogP contribution in [-0.2, 0) is 6.42 Å². The number of ether oxygens (including phenoxy) is 1. The molecule has 3 aromatic carbocycles. The maximum atomic E-state index is 11.6. The number of para-hydroxylation sites is 1. The fourth-order valence-corrected chi connectivity index (χ4v) is 4.97. The lowest BCUT2D eigenvalue weighted by molar-refractivity contribution is 0.295. The normalized spacial score (nSPS) is 12.3. The number of hydrogen-bond acceptors (Lipinski definition) is 7. The fraction of sp³-hybridized carbons (Fsp3) is 0.100. The Morgan fingerprint density at radius 1 is 0.825 bits per heavy atom. The Bertz CT molecular complexity index is 2100. The van der Waals surface area contributed by atoms with E-state index in [0.717, 1.165) is 33.3 Å². The van der Waals surface area contributed by atoms with Gasteiger partial charge >= 0.3 is 11.5 Å². The summed E-state index contributed by atoms with van der Waals surface area (Å²) in [5.74, 6) is -0.379. The second kappa shape index (κ2) is 9.66. The van der Waals surface area contributed by atoms with Gasteiger partial charge in [-0.25, -0.2) is 9.59 Å². The molecule has 10 nitrogen and oxygen atoms in total. The zero-order chi connectivity index (χ0) is 27.1. The monoisotopic (exact) mass is 533 g/mol. The van der Waals surface area contributed by atoms with Gasteiger partial charge in [0, 0.05) is 40.6 Å². The van der Waals surface area contributed by atoms with E-state index in [1.54, 1.807) is 30.6 Å². The van der Waals surface area contributed by atoms with Crippen molar-refractivity contribution in [3.8, 4) is 16.9 Å². The number of hydrogen-bond donors (Lipinski definition) is 4. The van der Waals surface area contributed by atoms with Crippen molar-refractivity contribution in [3.63, 3.8) is 0 Å². The first-order valence-corrected chi connectivity index (χ1v) is 12.7. The lowest BCUT2D eigenvalue weighted by Crippen LogP contribution is -2.29. The Labute approximate surface area is 225 Å². The minimum Gasteiger partial charge on any atom is -0.490 e. The Morgan fingerprint density at radius 2 is 1.60 bits per heavy atom. The average Bonchev–Trinajstić information content (AvgIpc) is 3.66. The number of aromatic nitrogens is 4. The number of H-pyrrole nitrogens is 3. The maximum Gasteiger partial charge on any atom is 0.417 e. The summed E-state index contributed by atoms with van der Waals surface area (Å²) < 4.78 is 16.7. The summed E-state index contributed by atoms with van der Waals surface area (Å²) in [4.78, 5) is 36.2. The van der Waals surface area contributed by atoms with E-state index in [1.165, 1.54) is 0 Å². The van der Waals surface area contributed by atoms with Gasteiger partial charge in [-0.1, -0.05) is 24.3 Å². The molecule has 0 saturated heterocycles. The van der Waals surface area contributed by atoms with Crippen LogP contribution in [0, 0.1) is 0 Å². The van der Waals surface area contributed by atoms with Gasteiger partial charge in [0.15, 0.2) is 11.2 Å². The molecule has 0 aliphatic rings. The molecule has 1 atom stereocenters. The van der Waals surface area contributed by atoms with Crippen molar-refractivity contribution in [1.29, 1.82) is 0 Å². The van der Waals surface area contributed by atoms with Crippen LogP contribution in [0.3, 0.4) is 0 Å². The second-order valence-electron chi connectivity index (χ2n) is 9.58. The van der Waals surface area contributed by atoms with Crippen molar-refractivity contribution in [2.24, 2.45) is 0 Å². The number of oxazole rings is 2. The molecule has 0 aliphatic heterocycles. The van der Waals surface area contributed by atoms with Crippen molar-refractivity contribution in [2.45, 2.75) is 12.5 Å². The van der Waals surface area contributed by atoms with Crippen LogP contribution < -0.4 is 21.6 Å². The first-order valence-electron chi connectivity index (χ1n) is 12.7. The van der Waals surface area contributed by atoms with Gasteiger partial charge in [0.25, 0.3) is 0 Å². The molecule has 7 aromatic rings. The van der Waals surface area contributed by atoms with Crippen LogP contribution in [0.5, 0.6) is 5.75 Å². The first-order chi connectivity index (χ1) is 19.6. The molecule has 7 rings (SSSR count). The van der Waals surface area contributed by atoms with Crippen LogP contribution in [-0.4, -0.2) is 32.6 Å². The third kappa shape index (κ3) is 4.62. The van der Waals surface area contributed by atoms with Crippen LogP contribution in [0.2, 0.25) is 0 Å². The summed E-state index contributed by atoms with van der Waals surface area (Å²) in [6.07, 6.45) is 6.10. The third-order valence-corrected chi connectivity index (χ3v) is 6.85. The van der Waals surface area contributed by atoms with Gasteiger partial charge in [0.2, 0.25) is 0 Å². The van der Waals surface area contributed by atoms with Crippen LogP contribution in [0.15, 0.2) is 104 Å². The molecule has 198 valence electrons. The van der Waals surface area contributed by atoms with Gasteiger partial charge in [-0.2, -0.15) is 0 Å². The molecular formula is C30H23N5O5. The molecule has 0 fully saturated rings. The van der Waals surface area contributed by atoms with Crippen molar-refractivity contribution < 1.29 is 13.6 Å². The average molecular weight is 534 g/mol. The van der Waals surface area contributed by atoms with Crippen LogP contribution in [0.4, 0.5) is 5.69 Å². The highest BCUT2D eigenvalue weighted by molar-refractivity contribution is 5.83. The Balaban J connectivity index is 1.15. The molecule has 0 aliphatic carbocycles. The van der Waals surface area contributed by atoms with Gasteiger partial charge < -0.3 is 23.9 Å². The van der Waals surface area contributed by atoms with E-state index in [4.69, 9.17) is 13.6 Å². The van der Waals surface area contributed by atoms with E-state index >= 15 is 0 Å². The summed E-state index contributed by atoms with van der Waals surface area (Å²) in [6, 6.07) is 20.9. The summed E-state index contributed by atoms with van der Waals surface area (Å²) in [5, 5.41) is 4.69. The zero-order valence-electron chi connectivity index (χ0n) is 21.1. The number of pyridine rings is 1.